The Hall–Kier alpha value is -3.68. The van der Waals surface area contributed by atoms with Crippen LogP contribution in [0.2, 0.25) is 0 Å². The Kier molecular flexibility index (Phi) is 5.51. The van der Waals surface area contributed by atoms with E-state index in [1.807, 2.05) is 35.6 Å². The first-order chi connectivity index (χ1) is 20.3. The number of ether oxygens (including phenoxy) is 4. The molecule has 0 radical (unpaired) electrons. The number of fused-ring (bicyclic) bond motifs is 10. The summed E-state index contributed by atoms with van der Waals surface area (Å²) in [5.41, 5.74) is 4.54. The van der Waals surface area contributed by atoms with Crippen molar-refractivity contribution in [3.8, 4) is 23.0 Å². The predicted molar refractivity (Wildman–Crippen MR) is 156 cm³/mol. The van der Waals surface area contributed by atoms with Gasteiger partial charge in [-0.25, -0.2) is 8.80 Å². The Morgan fingerprint density at radius 3 is 2.07 bits per heavy atom. The van der Waals surface area contributed by atoms with Crippen molar-refractivity contribution in [1.82, 2.24) is 29.2 Å². The number of thioether (sulfide) groups is 2. The van der Waals surface area contributed by atoms with E-state index < -0.39 is 0 Å². The molecule has 10 nitrogen and oxygen atoms in total. The van der Waals surface area contributed by atoms with Gasteiger partial charge in [0.2, 0.25) is 19.4 Å². The van der Waals surface area contributed by atoms with Gasteiger partial charge >= 0.3 is 0 Å². The minimum atomic E-state index is 0.265. The van der Waals surface area contributed by atoms with Crippen LogP contribution in [0.1, 0.15) is 34.4 Å². The van der Waals surface area contributed by atoms with E-state index in [0.717, 1.165) is 79.3 Å². The summed E-state index contributed by atoms with van der Waals surface area (Å²) in [5.74, 6) is 5.32. The van der Waals surface area contributed by atoms with Crippen LogP contribution in [0.15, 0.2) is 46.7 Å². The van der Waals surface area contributed by atoms with Crippen molar-refractivity contribution < 1.29 is 18.9 Å². The number of nitrogens with zero attached hydrogens (tertiary/aromatic N) is 6. The maximum absolute atomic E-state index is 5.58. The van der Waals surface area contributed by atoms with Gasteiger partial charge in [0.25, 0.3) is 0 Å². The second-order valence-corrected chi connectivity index (χ2v) is 13.1. The minimum Gasteiger partial charge on any atom is -0.454 e. The zero-order chi connectivity index (χ0) is 26.9. The molecule has 41 heavy (non-hydrogen) atoms. The fourth-order valence-electron chi connectivity index (χ4n) is 5.68. The van der Waals surface area contributed by atoms with E-state index in [0.29, 0.717) is 5.75 Å². The van der Waals surface area contributed by atoms with Gasteiger partial charge in [0.15, 0.2) is 39.0 Å². The number of thiophene rings is 1. The molecular formula is C28H22N6O4S3. The van der Waals surface area contributed by atoms with Gasteiger partial charge in [-0.3, -0.25) is 0 Å². The fourth-order valence-corrected chi connectivity index (χ4v) is 8.87. The molecule has 0 unspecified atom stereocenters. The van der Waals surface area contributed by atoms with E-state index >= 15 is 0 Å². The van der Waals surface area contributed by atoms with Crippen LogP contribution in [0.3, 0.4) is 0 Å². The van der Waals surface area contributed by atoms with E-state index in [1.165, 1.54) is 28.7 Å². The number of benzene rings is 2. The lowest BCUT2D eigenvalue weighted by atomic mass is 9.97. The molecule has 3 aliphatic rings. The van der Waals surface area contributed by atoms with Gasteiger partial charge in [-0.05, 0) is 66.6 Å². The third kappa shape index (κ3) is 3.86. The zero-order valence-corrected chi connectivity index (χ0v) is 24.1. The van der Waals surface area contributed by atoms with Gasteiger partial charge in [-0.15, -0.1) is 31.7 Å². The van der Waals surface area contributed by atoms with E-state index in [9.17, 15) is 0 Å². The van der Waals surface area contributed by atoms with Gasteiger partial charge in [0.05, 0.1) is 5.39 Å². The Morgan fingerprint density at radius 1 is 0.707 bits per heavy atom. The normalized spacial score (nSPS) is 15.4. The van der Waals surface area contributed by atoms with Crippen molar-refractivity contribution in [1.29, 1.82) is 0 Å². The predicted octanol–water partition coefficient (Wildman–Crippen LogP) is 5.91. The van der Waals surface area contributed by atoms with Crippen molar-refractivity contribution in [2.75, 3.05) is 13.6 Å². The first-order valence-electron chi connectivity index (χ1n) is 13.4. The molecule has 4 aromatic heterocycles. The third-order valence-electron chi connectivity index (χ3n) is 7.64. The lowest BCUT2D eigenvalue weighted by Gasteiger charge is -2.10. The van der Waals surface area contributed by atoms with Crippen LogP contribution in [0.5, 0.6) is 23.0 Å². The topological polar surface area (TPSA) is 97.3 Å². The number of hydrogen-bond acceptors (Lipinski definition) is 11. The highest BCUT2D eigenvalue weighted by Gasteiger charge is 2.26. The Morgan fingerprint density at radius 2 is 1.34 bits per heavy atom. The van der Waals surface area contributed by atoms with Crippen LogP contribution in [0.25, 0.3) is 21.6 Å². The summed E-state index contributed by atoms with van der Waals surface area (Å²) in [6.07, 6.45) is 4.57. The van der Waals surface area contributed by atoms with Crippen LogP contribution in [0.4, 0.5) is 0 Å². The molecule has 0 fully saturated rings. The zero-order valence-electron chi connectivity index (χ0n) is 21.7. The van der Waals surface area contributed by atoms with Crippen LogP contribution in [-0.4, -0.2) is 42.8 Å². The molecule has 0 saturated carbocycles. The quantitative estimate of drug-likeness (QED) is 0.214. The Labute approximate surface area is 246 Å². The van der Waals surface area contributed by atoms with Crippen molar-refractivity contribution in [2.45, 2.75) is 47.5 Å². The van der Waals surface area contributed by atoms with Gasteiger partial charge < -0.3 is 18.9 Å². The molecule has 2 aliphatic heterocycles. The smallest absolute Gasteiger partial charge is 0.245 e. The largest absolute Gasteiger partial charge is 0.454 e. The molecule has 0 bridgehead atoms. The summed E-state index contributed by atoms with van der Waals surface area (Å²) in [6, 6.07) is 12.1. The molecular weight excluding hydrogens is 581 g/mol. The highest BCUT2D eigenvalue weighted by atomic mass is 32.2. The van der Waals surface area contributed by atoms with Crippen LogP contribution < -0.4 is 18.9 Å². The molecule has 9 rings (SSSR count). The average Bonchev–Trinajstić information content (AvgIpc) is 3.83. The van der Waals surface area contributed by atoms with Crippen LogP contribution in [0, 0.1) is 0 Å². The van der Waals surface area contributed by atoms with Crippen molar-refractivity contribution in [2.24, 2.45) is 0 Å². The SMILES string of the molecule is c1cc2c(cc1CSc1nnc3c4c5c(sc4n4c(SCc6ccc7c(c6)OCO7)nnc4n13)CCCC5)OCO2. The summed E-state index contributed by atoms with van der Waals surface area (Å²) in [5, 5.41) is 21.6. The first-order valence-corrected chi connectivity index (χ1v) is 16.2. The summed E-state index contributed by atoms with van der Waals surface area (Å²) < 4.78 is 26.4. The maximum Gasteiger partial charge on any atom is 0.245 e. The van der Waals surface area contributed by atoms with Crippen molar-refractivity contribution >= 4 is 56.5 Å². The monoisotopic (exact) mass is 602 g/mol. The fraction of sp³-hybridized carbons (Fsp3) is 0.286. The molecule has 6 heterocycles. The maximum atomic E-state index is 5.58. The van der Waals surface area contributed by atoms with E-state index in [2.05, 4.69) is 31.1 Å². The molecule has 0 atom stereocenters. The van der Waals surface area contributed by atoms with Gasteiger partial charge in [0, 0.05) is 16.4 Å². The second kappa shape index (κ2) is 9.43. The Balaban J connectivity index is 1.14. The third-order valence-corrected chi connectivity index (χ3v) is 10.9. The lowest BCUT2D eigenvalue weighted by Crippen LogP contribution is -2.01. The van der Waals surface area contributed by atoms with E-state index in [4.69, 9.17) is 29.1 Å². The standard InChI is InChI=1S/C28H22N6O4S3/c1-2-4-22-17(3-1)23-24-29-31-27(39-11-15-5-7-18-20(9-15)37-13-35-18)33(24)26-30-32-28(34(26)25(23)41-22)40-12-16-6-8-19-21(10-16)38-14-36-19/h5-10H,1-4,11-14H2. The number of hydrogen-bond donors (Lipinski definition) is 0. The number of aromatic nitrogens is 6. The van der Waals surface area contributed by atoms with Gasteiger partial charge in [-0.2, -0.15) is 0 Å². The van der Waals surface area contributed by atoms with E-state index in [-0.39, 0.29) is 13.6 Å². The number of rotatable bonds is 6. The highest BCUT2D eigenvalue weighted by molar-refractivity contribution is 7.98. The molecule has 206 valence electrons. The highest BCUT2D eigenvalue weighted by Crippen LogP contribution is 2.42. The van der Waals surface area contributed by atoms with Crippen LogP contribution in [-0.2, 0) is 24.3 Å². The average molecular weight is 603 g/mol. The molecule has 13 heteroatoms. The van der Waals surface area contributed by atoms with E-state index in [1.54, 1.807) is 23.5 Å². The van der Waals surface area contributed by atoms with Gasteiger partial charge in [-0.1, -0.05) is 35.7 Å². The first kappa shape index (κ1) is 24.0. The molecule has 2 aromatic carbocycles. The lowest BCUT2D eigenvalue weighted by molar-refractivity contribution is 0.173. The molecule has 0 spiro atoms. The summed E-state index contributed by atoms with van der Waals surface area (Å²) in [7, 11) is 0. The molecule has 0 amide bonds. The molecule has 6 aromatic rings. The molecule has 1 aliphatic carbocycles. The van der Waals surface area contributed by atoms with Crippen LogP contribution >= 0.6 is 34.9 Å². The summed E-state index contributed by atoms with van der Waals surface area (Å²) in [6.45, 7) is 0.535. The minimum absolute atomic E-state index is 0.265. The summed E-state index contributed by atoms with van der Waals surface area (Å²) in [4.78, 5) is 2.59. The Bertz CT molecular complexity index is 2000. The molecule has 0 N–H and O–H groups in total. The summed E-state index contributed by atoms with van der Waals surface area (Å²) >= 11 is 5.15. The van der Waals surface area contributed by atoms with Crippen molar-refractivity contribution in [3.63, 3.8) is 0 Å². The molecule has 0 saturated heterocycles. The van der Waals surface area contributed by atoms with Gasteiger partial charge in [0.1, 0.15) is 4.83 Å². The second-order valence-electron chi connectivity index (χ2n) is 10.1. The van der Waals surface area contributed by atoms with Crippen molar-refractivity contribution in [3.05, 3.63) is 58.0 Å². The number of aryl methyl sites for hydroxylation is 2.